The molecular formula is C36H51N5O5. The number of nitrogens with zero attached hydrogens (tertiary/aromatic N) is 3. The zero-order chi connectivity index (χ0) is 33.6. The Morgan fingerprint density at radius 3 is 2.33 bits per heavy atom. The van der Waals surface area contributed by atoms with Gasteiger partial charge in [0.2, 0.25) is 17.7 Å². The van der Waals surface area contributed by atoms with Crippen LogP contribution >= 0.6 is 0 Å². The van der Waals surface area contributed by atoms with Gasteiger partial charge in [0.1, 0.15) is 23.7 Å². The van der Waals surface area contributed by atoms with Crippen molar-refractivity contribution < 1.29 is 23.9 Å². The van der Waals surface area contributed by atoms with Crippen LogP contribution < -0.4 is 10.6 Å². The van der Waals surface area contributed by atoms with Gasteiger partial charge in [-0.3, -0.25) is 24.2 Å². The SMILES string of the molecule is CC(C)[C@H](NC(=O)[C@H](C)N(C)C(=O)OC(C)(C)C)C(=O)N1CCN(Cc2ccccc2)C[C@H]1C(=O)NC1CCCc2ccccc21. The van der Waals surface area contributed by atoms with Crippen molar-refractivity contribution >= 4 is 23.8 Å². The van der Waals surface area contributed by atoms with Crippen molar-refractivity contribution in [2.24, 2.45) is 5.92 Å². The molecule has 4 amide bonds. The lowest BCUT2D eigenvalue weighted by atomic mass is 9.87. The number of hydrogen-bond acceptors (Lipinski definition) is 6. The lowest BCUT2D eigenvalue weighted by molar-refractivity contribution is -0.148. The maximum absolute atomic E-state index is 14.3. The number of carbonyl (C=O) groups is 4. The maximum Gasteiger partial charge on any atom is 0.410 e. The molecule has 10 heteroatoms. The average Bonchev–Trinajstić information content (AvgIpc) is 3.02. The highest BCUT2D eigenvalue weighted by atomic mass is 16.6. The maximum atomic E-state index is 14.3. The van der Waals surface area contributed by atoms with E-state index in [1.165, 1.54) is 17.5 Å². The second kappa shape index (κ2) is 15.1. The Morgan fingerprint density at radius 2 is 1.65 bits per heavy atom. The van der Waals surface area contributed by atoms with Crippen LogP contribution in [-0.2, 0) is 32.1 Å². The summed E-state index contributed by atoms with van der Waals surface area (Å²) in [6, 6.07) is 15.7. The smallest absolute Gasteiger partial charge is 0.410 e. The van der Waals surface area contributed by atoms with Crippen molar-refractivity contribution in [3.05, 3.63) is 71.3 Å². The van der Waals surface area contributed by atoms with Gasteiger partial charge < -0.3 is 20.3 Å². The summed E-state index contributed by atoms with van der Waals surface area (Å²) < 4.78 is 5.43. The molecule has 1 unspecified atom stereocenters. The molecule has 0 spiro atoms. The summed E-state index contributed by atoms with van der Waals surface area (Å²) in [7, 11) is 1.50. The predicted octanol–water partition coefficient (Wildman–Crippen LogP) is 4.29. The molecule has 4 rings (SSSR count). The Bertz CT molecular complexity index is 1370. The summed E-state index contributed by atoms with van der Waals surface area (Å²) in [6.07, 6.45) is 2.18. The third-order valence-electron chi connectivity index (χ3n) is 8.86. The van der Waals surface area contributed by atoms with Crippen molar-refractivity contribution in [2.45, 2.75) is 97.1 Å². The fourth-order valence-electron chi connectivity index (χ4n) is 6.12. The van der Waals surface area contributed by atoms with Gasteiger partial charge in [-0.15, -0.1) is 0 Å². The van der Waals surface area contributed by atoms with Crippen molar-refractivity contribution in [3.8, 4) is 0 Å². The number of hydrogen-bond donors (Lipinski definition) is 2. The molecule has 2 aromatic carbocycles. The van der Waals surface area contributed by atoms with Gasteiger partial charge in [-0.1, -0.05) is 68.4 Å². The zero-order valence-corrected chi connectivity index (χ0v) is 28.4. The van der Waals surface area contributed by atoms with Crippen LogP contribution in [0.2, 0.25) is 0 Å². The number of piperazine rings is 1. The number of fused-ring (bicyclic) bond motifs is 1. The van der Waals surface area contributed by atoms with Crippen molar-refractivity contribution in [1.29, 1.82) is 0 Å². The van der Waals surface area contributed by atoms with E-state index in [9.17, 15) is 19.2 Å². The molecule has 0 aromatic heterocycles. The van der Waals surface area contributed by atoms with Gasteiger partial charge in [-0.05, 0) is 69.6 Å². The molecule has 1 aliphatic carbocycles. The lowest BCUT2D eigenvalue weighted by Gasteiger charge is -2.43. The molecule has 10 nitrogen and oxygen atoms in total. The van der Waals surface area contributed by atoms with Gasteiger partial charge in [-0.25, -0.2) is 4.79 Å². The zero-order valence-electron chi connectivity index (χ0n) is 28.4. The van der Waals surface area contributed by atoms with Crippen molar-refractivity contribution in [3.63, 3.8) is 0 Å². The first-order valence-corrected chi connectivity index (χ1v) is 16.5. The number of carbonyl (C=O) groups excluding carboxylic acids is 4. The summed E-state index contributed by atoms with van der Waals surface area (Å²) in [5.41, 5.74) is 2.80. The van der Waals surface area contributed by atoms with E-state index in [1.54, 1.807) is 32.6 Å². The molecule has 0 radical (unpaired) electrons. The Kier molecular flexibility index (Phi) is 11.5. The molecule has 2 aromatic rings. The van der Waals surface area contributed by atoms with E-state index in [2.05, 4.69) is 39.8 Å². The van der Waals surface area contributed by atoms with E-state index in [0.717, 1.165) is 30.4 Å². The second-order valence-electron chi connectivity index (χ2n) is 13.9. The minimum atomic E-state index is -0.881. The summed E-state index contributed by atoms with van der Waals surface area (Å²) in [5.74, 6) is -1.23. The third kappa shape index (κ3) is 8.87. The topological polar surface area (TPSA) is 111 Å². The molecule has 2 N–H and O–H groups in total. The largest absolute Gasteiger partial charge is 0.444 e. The van der Waals surface area contributed by atoms with Crippen LogP contribution in [0.1, 0.15) is 77.1 Å². The molecule has 46 heavy (non-hydrogen) atoms. The number of nitrogens with one attached hydrogen (secondary N) is 2. The van der Waals surface area contributed by atoms with Gasteiger partial charge in [0.25, 0.3) is 0 Å². The van der Waals surface area contributed by atoms with Gasteiger partial charge in [-0.2, -0.15) is 0 Å². The monoisotopic (exact) mass is 633 g/mol. The standard InChI is InChI=1S/C36H51N5O5/c1-24(2)31(38-32(42)25(3)39(7)35(45)46-36(4,5)6)34(44)41-21-20-40(22-26-14-9-8-10-15-26)23-30(41)33(43)37-29-19-13-17-27-16-11-12-18-28(27)29/h8-12,14-16,18,24-25,29-31H,13,17,19-23H2,1-7H3,(H,37,43)(H,38,42)/t25-,29?,30-,31-/m0/s1. The third-order valence-corrected chi connectivity index (χ3v) is 8.86. The first kappa shape index (κ1) is 34.9. The molecular weight excluding hydrogens is 582 g/mol. The van der Waals surface area contributed by atoms with Crippen LogP contribution in [-0.4, -0.2) is 88.9 Å². The molecule has 1 heterocycles. The first-order valence-electron chi connectivity index (χ1n) is 16.5. The van der Waals surface area contributed by atoms with Crippen LogP contribution in [0, 0.1) is 5.92 Å². The highest BCUT2D eigenvalue weighted by Crippen LogP contribution is 2.30. The van der Waals surface area contributed by atoms with Crippen LogP contribution in [0.5, 0.6) is 0 Å². The first-order chi connectivity index (χ1) is 21.7. The highest BCUT2D eigenvalue weighted by molar-refractivity contribution is 5.94. The highest BCUT2D eigenvalue weighted by Gasteiger charge is 2.41. The Morgan fingerprint density at radius 1 is 0.978 bits per heavy atom. The molecule has 1 saturated heterocycles. The fourth-order valence-corrected chi connectivity index (χ4v) is 6.12. The number of rotatable bonds is 9. The summed E-state index contributed by atoms with van der Waals surface area (Å²) in [5, 5.41) is 6.17. The van der Waals surface area contributed by atoms with Crippen LogP contribution in [0.25, 0.3) is 0 Å². The van der Waals surface area contributed by atoms with Crippen molar-refractivity contribution in [2.75, 3.05) is 26.7 Å². The number of amides is 4. The molecule has 0 saturated carbocycles. The Labute approximate surface area is 273 Å². The number of likely N-dealkylation sites (N-methyl/N-ethyl adjacent to an activating group) is 1. The van der Waals surface area contributed by atoms with Crippen LogP contribution in [0.4, 0.5) is 4.79 Å². The Hall–Kier alpha value is -3.92. The molecule has 2 aliphatic rings. The van der Waals surface area contributed by atoms with E-state index < -0.39 is 35.7 Å². The van der Waals surface area contributed by atoms with Gasteiger partial charge in [0.15, 0.2) is 0 Å². The second-order valence-corrected chi connectivity index (χ2v) is 13.9. The molecule has 250 valence electrons. The molecule has 4 atom stereocenters. The van der Waals surface area contributed by atoms with E-state index in [-0.39, 0.29) is 23.8 Å². The number of aryl methyl sites for hydroxylation is 1. The van der Waals surface area contributed by atoms with Gasteiger partial charge in [0.05, 0.1) is 6.04 Å². The number of benzene rings is 2. The van der Waals surface area contributed by atoms with Gasteiger partial charge >= 0.3 is 6.09 Å². The van der Waals surface area contributed by atoms with E-state index in [1.807, 2.05) is 44.2 Å². The van der Waals surface area contributed by atoms with Crippen molar-refractivity contribution in [1.82, 2.24) is 25.3 Å². The van der Waals surface area contributed by atoms with Gasteiger partial charge in [0, 0.05) is 33.2 Å². The minimum absolute atomic E-state index is 0.122. The lowest BCUT2D eigenvalue weighted by Crippen LogP contribution is -2.65. The molecule has 0 bridgehead atoms. The van der Waals surface area contributed by atoms with E-state index in [0.29, 0.717) is 26.2 Å². The average molecular weight is 634 g/mol. The van der Waals surface area contributed by atoms with Crippen LogP contribution in [0.3, 0.4) is 0 Å². The normalized spacial score (nSPS) is 19.9. The fraction of sp³-hybridized carbons (Fsp3) is 0.556. The summed E-state index contributed by atoms with van der Waals surface area (Å²) in [4.78, 5) is 59.5. The molecule has 1 fully saturated rings. The number of ether oxygens (including phenoxy) is 1. The molecule has 1 aliphatic heterocycles. The van der Waals surface area contributed by atoms with E-state index >= 15 is 0 Å². The minimum Gasteiger partial charge on any atom is -0.444 e. The Balaban J connectivity index is 1.53. The van der Waals surface area contributed by atoms with Crippen LogP contribution in [0.15, 0.2) is 54.6 Å². The quantitative estimate of drug-likeness (QED) is 0.427. The van der Waals surface area contributed by atoms with E-state index in [4.69, 9.17) is 4.74 Å². The summed E-state index contributed by atoms with van der Waals surface area (Å²) in [6.45, 7) is 12.6. The predicted molar refractivity (Wildman–Crippen MR) is 178 cm³/mol. The summed E-state index contributed by atoms with van der Waals surface area (Å²) >= 11 is 0.